The molecule has 0 saturated carbocycles. The predicted octanol–water partition coefficient (Wildman–Crippen LogP) is 4.16. The van der Waals surface area contributed by atoms with Crippen molar-refractivity contribution in [3.63, 3.8) is 0 Å². The lowest BCUT2D eigenvalue weighted by Gasteiger charge is -2.23. The molecule has 0 aliphatic heterocycles. The molecule has 0 saturated heterocycles. The zero-order valence-electron chi connectivity index (χ0n) is 12.7. The largest absolute Gasteiger partial charge is 0.464 e. The third kappa shape index (κ3) is 2.87. The molecule has 0 amide bonds. The fraction of sp³-hybridized carbons (Fsp3) is 0.111. The first-order valence-corrected chi connectivity index (χ1v) is 8.79. The molecule has 23 heavy (non-hydrogen) atoms. The molecule has 4 nitrogen and oxygen atoms in total. The summed E-state index contributed by atoms with van der Waals surface area (Å²) in [6.45, 7) is 2.17. The summed E-state index contributed by atoms with van der Waals surface area (Å²) in [4.78, 5) is 0.237. The molecule has 1 aromatic heterocycles. The van der Waals surface area contributed by atoms with Crippen LogP contribution in [-0.2, 0) is 10.0 Å². The van der Waals surface area contributed by atoms with E-state index >= 15 is 0 Å². The Morgan fingerprint density at radius 2 is 1.61 bits per heavy atom. The van der Waals surface area contributed by atoms with Crippen molar-refractivity contribution in [3.05, 3.63) is 73.0 Å². The van der Waals surface area contributed by atoms with E-state index in [0.29, 0.717) is 23.6 Å². The lowest BCUT2D eigenvalue weighted by atomic mass is 10.2. The first-order valence-electron chi connectivity index (χ1n) is 7.35. The highest BCUT2D eigenvalue weighted by molar-refractivity contribution is 7.93. The molecular weight excluding hydrogens is 310 g/mol. The maximum Gasteiger partial charge on any atom is 0.265 e. The molecule has 2 aromatic carbocycles. The standard InChI is InChI=1S/C18H17NO3S/c1-2-19(15-9-4-3-5-10-15)23(20,21)18-13-7-6-11-16(18)17-12-8-14-22-17/h3-14H,2H2,1H3. The van der Waals surface area contributed by atoms with Crippen molar-refractivity contribution in [2.75, 3.05) is 10.8 Å². The van der Waals surface area contributed by atoms with E-state index in [1.165, 1.54) is 10.6 Å². The van der Waals surface area contributed by atoms with Crippen LogP contribution < -0.4 is 4.31 Å². The Bertz CT molecular complexity index is 872. The Morgan fingerprint density at radius 1 is 0.913 bits per heavy atom. The van der Waals surface area contributed by atoms with E-state index in [1.807, 2.05) is 25.1 Å². The lowest BCUT2D eigenvalue weighted by molar-refractivity contribution is 0.576. The van der Waals surface area contributed by atoms with Crippen LogP contribution in [0.15, 0.2) is 82.3 Å². The van der Waals surface area contributed by atoms with Crippen LogP contribution in [0.2, 0.25) is 0 Å². The number of hydrogen-bond donors (Lipinski definition) is 0. The Labute approximate surface area is 136 Å². The fourth-order valence-corrected chi connectivity index (χ4v) is 4.20. The smallest absolute Gasteiger partial charge is 0.265 e. The van der Waals surface area contributed by atoms with Gasteiger partial charge in [0, 0.05) is 12.1 Å². The monoisotopic (exact) mass is 327 g/mol. The van der Waals surface area contributed by atoms with Crippen LogP contribution in [0.5, 0.6) is 0 Å². The predicted molar refractivity (Wildman–Crippen MR) is 90.8 cm³/mol. The number of para-hydroxylation sites is 1. The van der Waals surface area contributed by atoms with Crippen molar-refractivity contribution >= 4 is 15.7 Å². The topological polar surface area (TPSA) is 50.5 Å². The Hall–Kier alpha value is -2.53. The van der Waals surface area contributed by atoms with E-state index in [0.717, 1.165) is 0 Å². The number of anilines is 1. The van der Waals surface area contributed by atoms with E-state index in [4.69, 9.17) is 4.42 Å². The number of sulfonamides is 1. The molecule has 0 radical (unpaired) electrons. The molecule has 3 aromatic rings. The number of benzene rings is 2. The molecular formula is C18H17NO3S. The Balaban J connectivity index is 2.14. The third-order valence-electron chi connectivity index (χ3n) is 3.57. The summed E-state index contributed by atoms with van der Waals surface area (Å²) in [6.07, 6.45) is 1.54. The van der Waals surface area contributed by atoms with Gasteiger partial charge in [-0.25, -0.2) is 8.42 Å². The second kappa shape index (κ2) is 6.30. The molecule has 0 bridgehead atoms. The number of furan rings is 1. The summed E-state index contributed by atoms with van der Waals surface area (Å²) in [6, 6.07) is 19.5. The zero-order valence-corrected chi connectivity index (χ0v) is 13.5. The minimum atomic E-state index is -3.69. The molecule has 1 heterocycles. The first kappa shape index (κ1) is 15.4. The zero-order chi connectivity index (χ0) is 16.3. The molecule has 3 rings (SSSR count). The van der Waals surface area contributed by atoms with Gasteiger partial charge in [0.2, 0.25) is 0 Å². The number of hydrogen-bond acceptors (Lipinski definition) is 3. The normalized spacial score (nSPS) is 11.3. The molecule has 0 aliphatic rings. The summed E-state index contributed by atoms with van der Waals surface area (Å²) < 4.78 is 33.1. The number of nitrogens with zero attached hydrogens (tertiary/aromatic N) is 1. The van der Waals surface area contributed by atoms with Crippen LogP contribution in [0.25, 0.3) is 11.3 Å². The first-order chi connectivity index (χ1) is 11.1. The van der Waals surface area contributed by atoms with Gasteiger partial charge in [-0.15, -0.1) is 0 Å². The van der Waals surface area contributed by atoms with Crippen molar-refractivity contribution in [1.82, 2.24) is 0 Å². The van der Waals surface area contributed by atoms with Crippen LogP contribution in [0.1, 0.15) is 6.92 Å². The minimum Gasteiger partial charge on any atom is -0.464 e. The van der Waals surface area contributed by atoms with Crippen molar-refractivity contribution in [2.24, 2.45) is 0 Å². The van der Waals surface area contributed by atoms with Gasteiger partial charge in [0.15, 0.2) is 0 Å². The average molecular weight is 327 g/mol. The van der Waals surface area contributed by atoms with E-state index in [9.17, 15) is 8.42 Å². The van der Waals surface area contributed by atoms with Crippen molar-refractivity contribution in [1.29, 1.82) is 0 Å². The molecule has 0 N–H and O–H groups in total. The summed E-state index contributed by atoms with van der Waals surface area (Å²) >= 11 is 0. The second-order valence-electron chi connectivity index (χ2n) is 4.98. The minimum absolute atomic E-state index is 0.237. The van der Waals surface area contributed by atoms with E-state index < -0.39 is 10.0 Å². The SMILES string of the molecule is CCN(c1ccccc1)S(=O)(=O)c1ccccc1-c1ccco1. The van der Waals surface area contributed by atoms with Crippen LogP contribution in [0.4, 0.5) is 5.69 Å². The van der Waals surface area contributed by atoms with Crippen molar-refractivity contribution in [3.8, 4) is 11.3 Å². The van der Waals surface area contributed by atoms with Gasteiger partial charge in [0.1, 0.15) is 5.76 Å². The molecule has 0 fully saturated rings. The highest BCUT2D eigenvalue weighted by Gasteiger charge is 2.27. The van der Waals surface area contributed by atoms with E-state index in [-0.39, 0.29) is 4.90 Å². The molecule has 0 spiro atoms. The van der Waals surface area contributed by atoms with Gasteiger partial charge < -0.3 is 4.42 Å². The molecule has 5 heteroatoms. The van der Waals surface area contributed by atoms with Crippen molar-refractivity contribution < 1.29 is 12.8 Å². The molecule has 0 unspecified atom stereocenters. The van der Waals surface area contributed by atoms with E-state index in [2.05, 4.69) is 0 Å². The Kier molecular flexibility index (Phi) is 4.21. The highest BCUT2D eigenvalue weighted by Crippen LogP contribution is 2.31. The average Bonchev–Trinajstić information content (AvgIpc) is 3.11. The summed E-state index contributed by atoms with van der Waals surface area (Å²) in [5.41, 5.74) is 1.20. The molecule has 0 aliphatic carbocycles. The van der Waals surface area contributed by atoms with Gasteiger partial charge in [0.05, 0.1) is 16.8 Å². The maximum atomic E-state index is 13.2. The lowest BCUT2D eigenvalue weighted by Crippen LogP contribution is -2.31. The number of rotatable bonds is 5. The van der Waals surface area contributed by atoms with Gasteiger partial charge >= 0.3 is 0 Å². The summed E-state index contributed by atoms with van der Waals surface area (Å²) in [5.74, 6) is 0.535. The highest BCUT2D eigenvalue weighted by atomic mass is 32.2. The van der Waals surface area contributed by atoms with Gasteiger partial charge in [-0.1, -0.05) is 30.3 Å². The van der Waals surface area contributed by atoms with E-state index in [1.54, 1.807) is 48.5 Å². The molecule has 118 valence electrons. The van der Waals surface area contributed by atoms with Crippen LogP contribution in [0.3, 0.4) is 0 Å². The van der Waals surface area contributed by atoms with Gasteiger partial charge in [-0.05, 0) is 43.3 Å². The van der Waals surface area contributed by atoms with Gasteiger partial charge in [-0.3, -0.25) is 4.31 Å². The second-order valence-corrected chi connectivity index (χ2v) is 6.81. The fourth-order valence-electron chi connectivity index (χ4n) is 2.53. The molecule has 0 atom stereocenters. The van der Waals surface area contributed by atoms with Crippen LogP contribution in [0, 0.1) is 0 Å². The van der Waals surface area contributed by atoms with Crippen molar-refractivity contribution in [2.45, 2.75) is 11.8 Å². The third-order valence-corrected chi connectivity index (χ3v) is 5.53. The van der Waals surface area contributed by atoms with Crippen LogP contribution in [-0.4, -0.2) is 15.0 Å². The summed E-state index contributed by atoms with van der Waals surface area (Å²) in [7, 11) is -3.69. The maximum absolute atomic E-state index is 13.2. The Morgan fingerprint density at radius 3 is 2.26 bits per heavy atom. The van der Waals surface area contributed by atoms with Gasteiger partial charge in [-0.2, -0.15) is 0 Å². The van der Waals surface area contributed by atoms with Gasteiger partial charge in [0.25, 0.3) is 10.0 Å². The summed E-state index contributed by atoms with van der Waals surface area (Å²) in [5, 5.41) is 0. The van der Waals surface area contributed by atoms with Crippen LogP contribution >= 0.6 is 0 Å². The quantitative estimate of drug-likeness (QED) is 0.707.